The lowest BCUT2D eigenvalue weighted by atomic mass is 9.87. The van der Waals surface area contributed by atoms with E-state index < -0.39 is 17.0 Å². The molecule has 0 aliphatic carbocycles. The molecule has 0 aliphatic rings. The van der Waals surface area contributed by atoms with Crippen LogP contribution in [0, 0.1) is 17.0 Å². The zero-order valence-corrected chi connectivity index (χ0v) is 9.88. The Bertz CT molecular complexity index is 315. The predicted molar refractivity (Wildman–Crippen MR) is 59.6 cm³/mol. The van der Waals surface area contributed by atoms with Crippen LogP contribution in [0.4, 0.5) is 8.78 Å². The van der Waals surface area contributed by atoms with Crippen LogP contribution in [0.3, 0.4) is 0 Å². The molecule has 0 atom stereocenters. The maximum absolute atomic E-state index is 13.3. The second-order valence-electron chi connectivity index (χ2n) is 3.95. The van der Waals surface area contributed by atoms with Crippen molar-refractivity contribution in [2.45, 2.75) is 13.3 Å². The Hall–Kier alpha value is -0.340. The first-order valence-corrected chi connectivity index (χ1v) is 5.64. The maximum atomic E-state index is 13.3. The normalized spacial score (nSPS) is 11.8. The minimum atomic E-state index is -0.545. The Labute approximate surface area is 98.2 Å². The molecular formula is C11H12Cl2F2. The van der Waals surface area contributed by atoms with Crippen LogP contribution in [0.25, 0.3) is 0 Å². The molecule has 1 aromatic rings. The second kappa shape index (κ2) is 5.13. The molecule has 0 spiro atoms. The lowest BCUT2D eigenvalue weighted by molar-refractivity contribution is 0.403. The first kappa shape index (κ1) is 12.7. The molecule has 1 rings (SSSR count). The highest BCUT2D eigenvalue weighted by Crippen LogP contribution is 2.28. The summed E-state index contributed by atoms with van der Waals surface area (Å²) in [5, 5.41) is 0. The number of hydrogen-bond donors (Lipinski definition) is 0. The Balaban J connectivity index is 2.98. The zero-order valence-electron chi connectivity index (χ0n) is 8.37. The Morgan fingerprint density at radius 3 is 2.00 bits per heavy atom. The summed E-state index contributed by atoms with van der Waals surface area (Å²) in [5.74, 6) is -0.554. The van der Waals surface area contributed by atoms with Crippen molar-refractivity contribution >= 4 is 23.2 Å². The van der Waals surface area contributed by atoms with E-state index in [0.717, 1.165) is 0 Å². The lowest BCUT2D eigenvalue weighted by Crippen LogP contribution is -2.25. The largest absolute Gasteiger partial charge is 0.207 e. The van der Waals surface area contributed by atoms with Gasteiger partial charge in [-0.15, -0.1) is 23.2 Å². The fraction of sp³-hybridized carbons (Fsp3) is 0.455. The van der Waals surface area contributed by atoms with E-state index in [0.29, 0.717) is 0 Å². The topological polar surface area (TPSA) is 0 Å². The SMILES string of the molecule is CC(CCl)(CCl)Cc1c(F)cccc1F. The number of benzene rings is 1. The van der Waals surface area contributed by atoms with Crippen molar-refractivity contribution in [3.8, 4) is 0 Å². The van der Waals surface area contributed by atoms with Crippen molar-refractivity contribution in [1.29, 1.82) is 0 Å². The van der Waals surface area contributed by atoms with E-state index in [-0.39, 0.29) is 23.7 Å². The summed E-state index contributed by atoms with van der Waals surface area (Å²) >= 11 is 11.5. The van der Waals surface area contributed by atoms with E-state index in [4.69, 9.17) is 23.2 Å². The highest BCUT2D eigenvalue weighted by Gasteiger charge is 2.25. The van der Waals surface area contributed by atoms with Gasteiger partial charge in [-0.25, -0.2) is 8.78 Å². The van der Waals surface area contributed by atoms with Gasteiger partial charge < -0.3 is 0 Å². The molecule has 0 saturated carbocycles. The fourth-order valence-corrected chi connectivity index (χ4v) is 1.73. The molecule has 0 radical (unpaired) electrons. The van der Waals surface area contributed by atoms with Crippen LogP contribution in [0.15, 0.2) is 18.2 Å². The summed E-state index contributed by atoms with van der Waals surface area (Å²) in [7, 11) is 0. The molecular weight excluding hydrogens is 241 g/mol. The number of rotatable bonds is 4. The number of alkyl halides is 2. The van der Waals surface area contributed by atoms with Crippen molar-refractivity contribution in [3.05, 3.63) is 35.4 Å². The third-order valence-corrected chi connectivity index (χ3v) is 3.60. The quantitative estimate of drug-likeness (QED) is 0.711. The molecule has 0 unspecified atom stereocenters. The van der Waals surface area contributed by atoms with Crippen LogP contribution >= 0.6 is 23.2 Å². The molecule has 0 nitrogen and oxygen atoms in total. The molecule has 0 aromatic heterocycles. The molecule has 4 heteroatoms. The van der Waals surface area contributed by atoms with Crippen molar-refractivity contribution in [2.75, 3.05) is 11.8 Å². The van der Waals surface area contributed by atoms with E-state index in [1.54, 1.807) is 6.92 Å². The predicted octanol–water partition coefficient (Wildman–Crippen LogP) is 3.99. The molecule has 0 N–H and O–H groups in total. The summed E-state index contributed by atoms with van der Waals surface area (Å²) in [4.78, 5) is 0. The molecule has 1 aromatic carbocycles. The summed E-state index contributed by atoms with van der Waals surface area (Å²) in [5.41, 5.74) is -0.423. The second-order valence-corrected chi connectivity index (χ2v) is 4.49. The third kappa shape index (κ3) is 3.05. The van der Waals surface area contributed by atoms with E-state index in [9.17, 15) is 8.78 Å². The van der Waals surface area contributed by atoms with Gasteiger partial charge in [0.2, 0.25) is 0 Å². The van der Waals surface area contributed by atoms with Crippen molar-refractivity contribution in [1.82, 2.24) is 0 Å². The molecule has 0 amide bonds. The lowest BCUT2D eigenvalue weighted by Gasteiger charge is -2.24. The van der Waals surface area contributed by atoms with Crippen LogP contribution in [0.1, 0.15) is 12.5 Å². The van der Waals surface area contributed by atoms with Crippen LogP contribution in [-0.2, 0) is 6.42 Å². The average molecular weight is 253 g/mol. The van der Waals surface area contributed by atoms with Gasteiger partial charge in [0.1, 0.15) is 11.6 Å². The van der Waals surface area contributed by atoms with E-state index in [1.165, 1.54) is 18.2 Å². The van der Waals surface area contributed by atoms with Gasteiger partial charge in [-0.05, 0) is 24.0 Å². The Morgan fingerprint density at radius 2 is 1.60 bits per heavy atom. The minimum absolute atomic E-state index is 0.0568. The third-order valence-electron chi connectivity index (χ3n) is 2.31. The summed E-state index contributed by atoms with van der Waals surface area (Å²) < 4.78 is 26.7. The summed E-state index contributed by atoms with van der Waals surface area (Å²) in [6.07, 6.45) is 0.207. The number of halogens is 4. The van der Waals surface area contributed by atoms with Crippen LogP contribution in [0.5, 0.6) is 0 Å². The zero-order chi connectivity index (χ0) is 11.5. The van der Waals surface area contributed by atoms with Crippen LogP contribution in [0.2, 0.25) is 0 Å². The van der Waals surface area contributed by atoms with Gasteiger partial charge in [-0.1, -0.05) is 13.0 Å². The van der Waals surface area contributed by atoms with Crippen molar-refractivity contribution < 1.29 is 8.78 Å². The highest BCUT2D eigenvalue weighted by molar-refractivity contribution is 6.21. The van der Waals surface area contributed by atoms with E-state index in [1.807, 2.05) is 0 Å². The van der Waals surface area contributed by atoms with E-state index in [2.05, 4.69) is 0 Å². The summed E-state index contributed by atoms with van der Waals surface area (Å²) in [6.45, 7) is 1.80. The first-order chi connectivity index (χ1) is 7.02. The standard InChI is InChI=1S/C11H12Cl2F2/c1-11(6-12,7-13)5-8-9(14)3-2-4-10(8)15/h2-4H,5-7H2,1H3. The molecule has 0 heterocycles. The van der Waals surface area contributed by atoms with Crippen LogP contribution in [-0.4, -0.2) is 11.8 Å². The van der Waals surface area contributed by atoms with Gasteiger partial charge in [0, 0.05) is 17.3 Å². The summed E-state index contributed by atoms with van der Waals surface area (Å²) in [6, 6.07) is 3.81. The Morgan fingerprint density at radius 1 is 1.13 bits per heavy atom. The van der Waals surface area contributed by atoms with Crippen molar-refractivity contribution in [2.24, 2.45) is 5.41 Å². The maximum Gasteiger partial charge on any atom is 0.129 e. The van der Waals surface area contributed by atoms with Crippen molar-refractivity contribution in [3.63, 3.8) is 0 Å². The van der Waals surface area contributed by atoms with Gasteiger partial charge in [0.05, 0.1) is 0 Å². The monoisotopic (exact) mass is 252 g/mol. The Kier molecular flexibility index (Phi) is 4.35. The molecule has 0 aliphatic heterocycles. The minimum Gasteiger partial charge on any atom is -0.207 e. The smallest absolute Gasteiger partial charge is 0.129 e. The van der Waals surface area contributed by atoms with E-state index >= 15 is 0 Å². The van der Waals surface area contributed by atoms with Gasteiger partial charge in [0.15, 0.2) is 0 Å². The van der Waals surface area contributed by atoms with Crippen LogP contribution < -0.4 is 0 Å². The van der Waals surface area contributed by atoms with Gasteiger partial charge in [0.25, 0.3) is 0 Å². The molecule has 15 heavy (non-hydrogen) atoms. The number of hydrogen-bond acceptors (Lipinski definition) is 0. The molecule has 84 valence electrons. The van der Waals surface area contributed by atoms with Gasteiger partial charge in [-0.2, -0.15) is 0 Å². The highest BCUT2D eigenvalue weighted by atomic mass is 35.5. The fourth-order valence-electron chi connectivity index (χ4n) is 1.26. The molecule has 0 bridgehead atoms. The van der Waals surface area contributed by atoms with Gasteiger partial charge in [-0.3, -0.25) is 0 Å². The van der Waals surface area contributed by atoms with Gasteiger partial charge >= 0.3 is 0 Å². The average Bonchev–Trinajstić information content (AvgIpc) is 2.23. The first-order valence-electron chi connectivity index (χ1n) is 4.57. The molecule has 0 saturated heterocycles. The molecule has 0 fully saturated rings.